The molecule has 1 N–H and O–H groups in total. The van der Waals surface area contributed by atoms with Crippen LogP contribution in [-0.4, -0.2) is 51.7 Å². The zero-order chi connectivity index (χ0) is 19.9. The molecule has 1 saturated heterocycles. The summed E-state index contributed by atoms with van der Waals surface area (Å²) in [5.74, 6) is 0. The molecular formula is C18H25N3O4S2. The van der Waals surface area contributed by atoms with E-state index >= 15 is 0 Å². The van der Waals surface area contributed by atoms with Crippen LogP contribution in [-0.2, 0) is 19.4 Å². The highest BCUT2D eigenvalue weighted by Crippen LogP contribution is 2.30. The van der Waals surface area contributed by atoms with E-state index in [4.69, 9.17) is 0 Å². The third kappa shape index (κ3) is 6.30. The Balaban J connectivity index is 0.000000321. The van der Waals surface area contributed by atoms with Crippen molar-refractivity contribution in [2.75, 3.05) is 31.1 Å². The highest BCUT2D eigenvalue weighted by atomic mass is 32.2. The maximum atomic E-state index is 12.5. The fraction of sp³-hybridized carbons (Fsp3) is 0.444. The molecule has 0 amide bonds. The summed E-state index contributed by atoms with van der Waals surface area (Å²) in [4.78, 5) is 16.3. The van der Waals surface area contributed by atoms with Crippen LogP contribution in [0, 0.1) is 0 Å². The summed E-state index contributed by atoms with van der Waals surface area (Å²) < 4.78 is 29.8. The maximum Gasteiger partial charge on any atom is 0.293 e. The van der Waals surface area contributed by atoms with Crippen molar-refractivity contribution >= 4 is 32.8 Å². The van der Waals surface area contributed by atoms with Crippen LogP contribution in [0.4, 0.5) is 5.13 Å². The van der Waals surface area contributed by atoms with Crippen molar-refractivity contribution in [3.8, 4) is 0 Å². The number of ether oxygens (including phenoxy) is 1. The third-order valence-corrected chi connectivity index (χ3v) is 6.87. The SMILES string of the molecule is CC(C)(C)OC=O.O=S(=O)(c1ccccc1)c1cnc(N2CCNCC2)s1. The van der Waals surface area contributed by atoms with E-state index in [1.807, 2.05) is 20.8 Å². The van der Waals surface area contributed by atoms with E-state index in [0.717, 1.165) is 31.3 Å². The molecule has 3 rings (SSSR count). The van der Waals surface area contributed by atoms with Gasteiger partial charge in [-0.3, -0.25) is 4.79 Å². The van der Waals surface area contributed by atoms with Crippen molar-refractivity contribution < 1.29 is 17.9 Å². The predicted octanol–water partition coefficient (Wildman–Crippen LogP) is 2.34. The summed E-state index contributed by atoms with van der Waals surface area (Å²) in [5.41, 5.74) is -0.318. The third-order valence-electron chi connectivity index (χ3n) is 3.58. The molecule has 148 valence electrons. The van der Waals surface area contributed by atoms with Gasteiger partial charge in [0.1, 0.15) is 9.81 Å². The molecule has 1 aliphatic heterocycles. The minimum Gasteiger partial charge on any atom is -0.462 e. The topological polar surface area (TPSA) is 88.6 Å². The summed E-state index contributed by atoms with van der Waals surface area (Å²) in [7, 11) is -3.44. The first-order chi connectivity index (χ1) is 12.7. The van der Waals surface area contributed by atoms with E-state index in [2.05, 4.69) is 19.9 Å². The summed E-state index contributed by atoms with van der Waals surface area (Å²) in [6, 6.07) is 8.48. The van der Waals surface area contributed by atoms with E-state index < -0.39 is 9.84 Å². The van der Waals surface area contributed by atoms with Gasteiger partial charge in [0.25, 0.3) is 6.47 Å². The van der Waals surface area contributed by atoms with Crippen molar-refractivity contribution in [3.05, 3.63) is 36.5 Å². The number of carbonyl (C=O) groups excluding carboxylic acids is 1. The average molecular weight is 412 g/mol. The van der Waals surface area contributed by atoms with Crippen LogP contribution >= 0.6 is 11.3 Å². The number of benzene rings is 1. The van der Waals surface area contributed by atoms with Gasteiger partial charge >= 0.3 is 0 Å². The molecule has 1 aromatic carbocycles. The number of anilines is 1. The van der Waals surface area contributed by atoms with E-state index in [1.54, 1.807) is 30.3 Å². The molecule has 0 radical (unpaired) electrons. The second kappa shape index (κ2) is 9.29. The molecule has 2 heterocycles. The average Bonchev–Trinajstić information content (AvgIpc) is 3.14. The van der Waals surface area contributed by atoms with Gasteiger partial charge in [-0.15, -0.1) is 0 Å². The Kier molecular flexibility index (Phi) is 7.34. The number of sulfone groups is 1. The van der Waals surface area contributed by atoms with Crippen LogP contribution in [0.2, 0.25) is 0 Å². The van der Waals surface area contributed by atoms with E-state index in [0.29, 0.717) is 15.6 Å². The zero-order valence-electron chi connectivity index (χ0n) is 15.7. The van der Waals surface area contributed by atoms with Gasteiger partial charge < -0.3 is 15.0 Å². The molecule has 2 aromatic rings. The number of aromatic nitrogens is 1. The molecule has 0 saturated carbocycles. The van der Waals surface area contributed by atoms with E-state index in [1.165, 1.54) is 17.5 Å². The molecule has 0 bridgehead atoms. The van der Waals surface area contributed by atoms with Crippen LogP contribution in [0.1, 0.15) is 20.8 Å². The van der Waals surface area contributed by atoms with E-state index in [9.17, 15) is 13.2 Å². The van der Waals surface area contributed by atoms with Crippen molar-refractivity contribution in [1.29, 1.82) is 0 Å². The molecule has 1 aliphatic rings. The Hall–Kier alpha value is -1.97. The number of thiazole rings is 1. The minimum absolute atomic E-state index is 0.303. The Morgan fingerprint density at radius 2 is 1.81 bits per heavy atom. The fourth-order valence-electron chi connectivity index (χ4n) is 2.24. The van der Waals surface area contributed by atoms with E-state index in [-0.39, 0.29) is 5.60 Å². The molecule has 0 unspecified atom stereocenters. The number of nitrogens with zero attached hydrogens (tertiary/aromatic N) is 2. The zero-order valence-corrected chi connectivity index (χ0v) is 17.3. The number of hydrogen-bond donors (Lipinski definition) is 1. The largest absolute Gasteiger partial charge is 0.462 e. The second-order valence-electron chi connectivity index (χ2n) is 6.84. The summed E-state index contributed by atoms with van der Waals surface area (Å²) in [6.07, 6.45) is 1.46. The smallest absolute Gasteiger partial charge is 0.293 e. The lowest BCUT2D eigenvalue weighted by Crippen LogP contribution is -2.43. The number of carbonyl (C=O) groups is 1. The molecule has 1 aromatic heterocycles. The Labute approximate surface area is 164 Å². The highest BCUT2D eigenvalue weighted by molar-refractivity contribution is 7.93. The van der Waals surface area contributed by atoms with Gasteiger partial charge in [-0.25, -0.2) is 13.4 Å². The van der Waals surface area contributed by atoms with Crippen LogP contribution < -0.4 is 10.2 Å². The van der Waals surface area contributed by atoms with Gasteiger partial charge in [0.05, 0.1) is 11.1 Å². The van der Waals surface area contributed by atoms with Gasteiger partial charge in [0.2, 0.25) is 9.84 Å². The fourth-order valence-corrected chi connectivity index (χ4v) is 4.83. The molecule has 0 aliphatic carbocycles. The number of hydrogen-bond acceptors (Lipinski definition) is 8. The Bertz CT molecular complexity index is 824. The van der Waals surface area contributed by atoms with Gasteiger partial charge in [-0.05, 0) is 32.9 Å². The first-order valence-corrected chi connectivity index (χ1v) is 10.9. The van der Waals surface area contributed by atoms with Gasteiger partial charge in [-0.1, -0.05) is 29.5 Å². The molecule has 9 heteroatoms. The molecule has 1 fully saturated rings. The Morgan fingerprint density at radius 3 is 2.33 bits per heavy atom. The first kappa shape index (κ1) is 21.3. The van der Waals surface area contributed by atoms with Crippen LogP contribution in [0.25, 0.3) is 0 Å². The monoisotopic (exact) mass is 411 g/mol. The molecule has 27 heavy (non-hydrogen) atoms. The summed E-state index contributed by atoms with van der Waals surface area (Å²) in [5, 5.41) is 4.04. The molecule has 0 spiro atoms. The summed E-state index contributed by atoms with van der Waals surface area (Å²) in [6.45, 7) is 9.45. The van der Waals surface area contributed by atoms with Crippen molar-refractivity contribution in [1.82, 2.24) is 10.3 Å². The lowest BCUT2D eigenvalue weighted by Gasteiger charge is -2.26. The standard InChI is InChI=1S/C13H15N3O2S2.C5H10O2/c17-20(18,11-4-2-1-3-5-11)12-10-15-13(19-12)16-8-6-14-7-9-16;1-5(2,3)7-4-6/h1-5,10,14H,6-9H2;4H,1-3H3. The summed E-state index contributed by atoms with van der Waals surface area (Å²) >= 11 is 1.24. The number of piperazine rings is 1. The minimum atomic E-state index is -3.44. The maximum absolute atomic E-state index is 12.5. The van der Waals surface area contributed by atoms with Gasteiger partial charge in [-0.2, -0.15) is 0 Å². The quantitative estimate of drug-likeness (QED) is 0.773. The lowest BCUT2D eigenvalue weighted by atomic mass is 10.2. The van der Waals surface area contributed by atoms with Crippen LogP contribution in [0.5, 0.6) is 0 Å². The van der Waals surface area contributed by atoms with Crippen molar-refractivity contribution in [3.63, 3.8) is 0 Å². The van der Waals surface area contributed by atoms with Crippen molar-refractivity contribution in [2.24, 2.45) is 0 Å². The highest BCUT2D eigenvalue weighted by Gasteiger charge is 2.22. The second-order valence-corrected chi connectivity index (χ2v) is 10.0. The lowest BCUT2D eigenvalue weighted by molar-refractivity contribution is -0.138. The first-order valence-electron chi connectivity index (χ1n) is 8.57. The van der Waals surface area contributed by atoms with Crippen LogP contribution in [0.15, 0.2) is 45.6 Å². The normalized spacial score (nSPS) is 14.9. The van der Waals surface area contributed by atoms with Crippen LogP contribution in [0.3, 0.4) is 0 Å². The molecule has 0 atom stereocenters. The predicted molar refractivity (Wildman–Crippen MR) is 106 cm³/mol. The van der Waals surface area contributed by atoms with Crippen molar-refractivity contribution in [2.45, 2.75) is 35.5 Å². The number of nitrogens with one attached hydrogen (secondary N) is 1. The van der Waals surface area contributed by atoms with Gasteiger partial charge in [0.15, 0.2) is 5.13 Å². The molecular weight excluding hydrogens is 386 g/mol. The number of rotatable bonds is 4. The van der Waals surface area contributed by atoms with Gasteiger partial charge in [0, 0.05) is 26.2 Å². The Morgan fingerprint density at radius 1 is 1.19 bits per heavy atom. The molecule has 7 nitrogen and oxygen atoms in total.